The first-order valence-electron chi connectivity index (χ1n) is 12.9. The fourth-order valence-electron chi connectivity index (χ4n) is 5.10. The Hall–Kier alpha value is -3.64. The molecule has 0 radical (unpaired) electrons. The summed E-state index contributed by atoms with van der Waals surface area (Å²) in [6.45, 7) is 0.392. The zero-order chi connectivity index (χ0) is 26.0. The Kier molecular flexibility index (Phi) is 7.02. The number of ketones is 1. The van der Waals surface area contributed by atoms with E-state index in [-0.39, 0.29) is 26.5 Å². The highest BCUT2D eigenvalue weighted by Crippen LogP contribution is 2.51. The maximum atomic E-state index is 13.6. The van der Waals surface area contributed by atoms with Crippen molar-refractivity contribution in [1.82, 2.24) is 4.90 Å². The van der Waals surface area contributed by atoms with Crippen molar-refractivity contribution in [3.05, 3.63) is 82.9 Å². The molecule has 2 aliphatic rings. The number of unbranched alkanes of at least 4 members (excludes halogenated alkanes) is 1. The summed E-state index contributed by atoms with van der Waals surface area (Å²) >= 11 is 0. The number of hydrogen-bond acceptors (Lipinski definition) is 5. The van der Waals surface area contributed by atoms with Crippen LogP contribution >= 0.6 is 0 Å². The molecule has 1 fully saturated rings. The van der Waals surface area contributed by atoms with Crippen molar-refractivity contribution >= 4 is 11.7 Å². The predicted octanol–water partition coefficient (Wildman–Crippen LogP) is 5.19. The Balaban J connectivity index is 0.00000336. The summed E-state index contributed by atoms with van der Waals surface area (Å²) in [6.07, 6.45) is 4.51. The van der Waals surface area contributed by atoms with E-state index in [2.05, 4.69) is 18.2 Å². The lowest BCUT2D eigenvalue weighted by molar-refractivity contribution is -0.120. The largest absolute Gasteiger partial charge is 0.454 e. The highest BCUT2D eigenvalue weighted by atomic mass is 16.7. The zero-order valence-electron chi connectivity index (χ0n) is 21.5. The van der Waals surface area contributed by atoms with Crippen LogP contribution in [0, 0.1) is 0 Å². The van der Waals surface area contributed by atoms with E-state index in [4.69, 9.17) is 9.47 Å². The van der Waals surface area contributed by atoms with Crippen molar-refractivity contribution in [2.75, 3.05) is 27.5 Å². The van der Waals surface area contributed by atoms with Gasteiger partial charge in [0.1, 0.15) is 5.78 Å². The summed E-state index contributed by atoms with van der Waals surface area (Å²) in [5.41, 5.74) is 5.43. The van der Waals surface area contributed by atoms with Gasteiger partial charge in [-0.25, -0.2) is 0 Å². The Bertz CT molecular complexity index is 1310. The highest BCUT2D eigenvalue weighted by Gasteiger charge is 2.50. The maximum Gasteiger partial charge on any atom is 0.253 e. The predicted molar refractivity (Wildman–Crippen MR) is 144 cm³/mol. The first-order valence-corrected chi connectivity index (χ1v) is 12.9. The summed E-state index contributed by atoms with van der Waals surface area (Å²) in [4.78, 5) is 27.5. The van der Waals surface area contributed by atoms with Crippen molar-refractivity contribution < 1.29 is 25.6 Å². The van der Waals surface area contributed by atoms with Gasteiger partial charge in [-0.3, -0.25) is 9.59 Å². The number of nitrogens with zero attached hydrogens (tertiary/aromatic N) is 1. The van der Waals surface area contributed by atoms with Crippen LogP contribution in [0.15, 0.2) is 60.7 Å². The summed E-state index contributed by atoms with van der Waals surface area (Å²) in [6, 6.07) is 19.8. The molecule has 0 unspecified atom stereocenters. The summed E-state index contributed by atoms with van der Waals surface area (Å²) in [5, 5.41) is 9.24. The Morgan fingerprint density at radius 1 is 0.946 bits per heavy atom. The summed E-state index contributed by atoms with van der Waals surface area (Å²) in [5.74, 6) is 1.62. The number of rotatable bonds is 10. The van der Waals surface area contributed by atoms with Crippen LogP contribution in [0.25, 0.3) is 11.1 Å². The maximum absolute atomic E-state index is 13.6. The van der Waals surface area contributed by atoms with Crippen LogP contribution in [0.1, 0.15) is 54.2 Å². The molecule has 0 aromatic heterocycles. The van der Waals surface area contributed by atoms with Gasteiger partial charge in [-0.15, -0.1) is 0 Å². The molecule has 1 N–H and O–H groups in total. The Labute approximate surface area is 219 Å². The number of carbonyl (C=O) groups is 2. The second kappa shape index (κ2) is 10.4. The number of carbonyl (C=O) groups excluding carboxylic acids is 2. The van der Waals surface area contributed by atoms with E-state index in [1.54, 1.807) is 19.0 Å². The van der Waals surface area contributed by atoms with Crippen LogP contribution < -0.4 is 9.47 Å². The molecule has 6 heteroatoms. The molecule has 6 nitrogen and oxygen atoms in total. The minimum atomic E-state index is -0.449. The third-order valence-corrected chi connectivity index (χ3v) is 7.45. The smallest absolute Gasteiger partial charge is 0.253 e. The lowest BCUT2D eigenvalue weighted by Crippen LogP contribution is -2.22. The molecule has 1 amide bonds. The number of fused-ring (bicyclic) bond motifs is 1. The van der Waals surface area contributed by atoms with Gasteiger partial charge < -0.3 is 19.5 Å². The molecule has 0 atom stereocenters. The average molecular weight is 502 g/mol. The van der Waals surface area contributed by atoms with Gasteiger partial charge in [-0.05, 0) is 84.2 Å². The van der Waals surface area contributed by atoms with Crippen LogP contribution in [0.5, 0.6) is 11.5 Å². The standard InChI is InChI=1S/C31H33NO5.H2/c1-32(2)30(35)24-10-8-23(9-11-24)26-17-21(6-7-22(26)5-3-4-16-33)18-29(34)31(14-15-31)25-12-13-27-28(19-25)37-20-36-27;/h6-13,17,19,33H,3-5,14-16,18,20H2,1-2H3;1H. The van der Waals surface area contributed by atoms with E-state index in [0.717, 1.165) is 60.1 Å². The summed E-state index contributed by atoms with van der Waals surface area (Å²) in [7, 11) is 3.48. The molecule has 3 aromatic rings. The second-order valence-electron chi connectivity index (χ2n) is 10.2. The SMILES string of the molecule is CN(C)C(=O)c1ccc(-c2cc(CC(=O)C3(c4ccc5c(c4)OCO5)CC3)ccc2CCCCO)cc1.[HH]. The number of benzene rings is 3. The van der Waals surface area contributed by atoms with Gasteiger partial charge in [0.25, 0.3) is 5.91 Å². The Morgan fingerprint density at radius 3 is 2.41 bits per heavy atom. The third-order valence-electron chi connectivity index (χ3n) is 7.45. The van der Waals surface area contributed by atoms with Gasteiger partial charge in [0.2, 0.25) is 6.79 Å². The van der Waals surface area contributed by atoms with Gasteiger partial charge in [0.05, 0.1) is 5.41 Å². The van der Waals surface area contributed by atoms with Gasteiger partial charge in [0.15, 0.2) is 11.5 Å². The molecular formula is C31H35NO5. The van der Waals surface area contributed by atoms with E-state index in [9.17, 15) is 14.7 Å². The molecule has 0 spiro atoms. The number of aliphatic hydroxyl groups excluding tert-OH is 1. The van der Waals surface area contributed by atoms with Crippen molar-refractivity contribution in [2.24, 2.45) is 0 Å². The zero-order valence-corrected chi connectivity index (χ0v) is 21.5. The lowest BCUT2D eigenvalue weighted by Gasteiger charge is -2.17. The molecule has 3 aromatic carbocycles. The topological polar surface area (TPSA) is 76.1 Å². The van der Waals surface area contributed by atoms with Crippen molar-refractivity contribution in [3.8, 4) is 22.6 Å². The second-order valence-corrected chi connectivity index (χ2v) is 10.2. The molecule has 194 valence electrons. The van der Waals surface area contributed by atoms with E-state index in [1.165, 1.54) is 5.56 Å². The lowest BCUT2D eigenvalue weighted by atomic mass is 9.86. The number of amides is 1. The minimum absolute atomic E-state index is 0. The van der Waals surface area contributed by atoms with Crippen LogP contribution in [-0.2, 0) is 23.1 Å². The van der Waals surface area contributed by atoms with E-state index >= 15 is 0 Å². The molecule has 1 aliphatic heterocycles. The number of Topliss-reactive ketones (excluding diaryl/α,β-unsaturated/α-hetero) is 1. The summed E-state index contributed by atoms with van der Waals surface area (Å²) < 4.78 is 11.0. The quantitative estimate of drug-likeness (QED) is 0.387. The van der Waals surface area contributed by atoms with Gasteiger partial charge in [0, 0.05) is 34.1 Å². The van der Waals surface area contributed by atoms with Crippen LogP contribution in [0.3, 0.4) is 0 Å². The molecular weight excluding hydrogens is 466 g/mol. The van der Waals surface area contributed by atoms with E-state index < -0.39 is 5.41 Å². The molecule has 0 saturated heterocycles. The normalized spacial score (nSPS) is 14.9. The molecule has 1 aliphatic carbocycles. The van der Waals surface area contributed by atoms with Crippen molar-refractivity contribution in [2.45, 2.75) is 43.9 Å². The van der Waals surface area contributed by atoms with Crippen LogP contribution in [0.2, 0.25) is 0 Å². The fraction of sp³-hybridized carbons (Fsp3) is 0.355. The van der Waals surface area contributed by atoms with Crippen molar-refractivity contribution in [1.29, 1.82) is 0 Å². The number of ether oxygens (including phenoxy) is 2. The number of hydrogen-bond donors (Lipinski definition) is 1. The van der Waals surface area contributed by atoms with Gasteiger partial charge in [-0.1, -0.05) is 36.4 Å². The molecule has 1 saturated carbocycles. The van der Waals surface area contributed by atoms with Gasteiger partial charge in [-0.2, -0.15) is 0 Å². The van der Waals surface area contributed by atoms with Crippen LogP contribution in [-0.4, -0.2) is 49.2 Å². The molecule has 5 rings (SSSR count). The first kappa shape index (κ1) is 25.0. The van der Waals surface area contributed by atoms with E-state index in [0.29, 0.717) is 17.7 Å². The third kappa shape index (κ3) is 5.12. The molecule has 1 heterocycles. The van der Waals surface area contributed by atoms with Gasteiger partial charge >= 0.3 is 0 Å². The first-order chi connectivity index (χ1) is 17.9. The minimum Gasteiger partial charge on any atom is -0.454 e. The number of aryl methyl sites for hydroxylation is 1. The average Bonchev–Trinajstić information content (AvgIpc) is 3.59. The molecule has 0 bridgehead atoms. The monoisotopic (exact) mass is 501 g/mol. The Morgan fingerprint density at radius 2 is 1.70 bits per heavy atom. The highest BCUT2D eigenvalue weighted by molar-refractivity contribution is 5.95. The van der Waals surface area contributed by atoms with Crippen LogP contribution in [0.4, 0.5) is 0 Å². The molecule has 37 heavy (non-hydrogen) atoms. The fourth-order valence-corrected chi connectivity index (χ4v) is 5.10. The van der Waals surface area contributed by atoms with E-state index in [1.807, 2.05) is 42.5 Å². The van der Waals surface area contributed by atoms with Crippen molar-refractivity contribution in [3.63, 3.8) is 0 Å². The number of aliphatic hydroxyl groups is 1.